The number of hydrogen-bond donors (Lipinski definition) is 3. The minimum Gasteiger partial charge on any atom is -0.334 e. The molecule has 1 aromatic rings. The highest BCUT2D eigenvalue weighted by Gasteiger charge is 2.25. The van der Waals surface area contributed by atoms with Crippen LogP contribution >= 0.6 is 0 Å². The van der Waals surface area contributed by atoms with Crippen LogP contribution in [0.3, 0.4) is 0 Å². The van der Waals surface area contributed by atoms with Crippen molar-refractivity contribution in [2.24, 2.45) is 5.73 Å². The standard InChI is InChI=1S/C13H19N3O3S/c14-8-10-3-1-4-11(7-10)15-13(17)16-12-5-2-6-20(18,19)9-12/h1,3-4,7,12H,2,5-6,8-9,14H2,(H2,15,16,17). The maximum Gasteiger partial charge on any atom is 0.319 e. The zero-order valence-corrected chi connectivity index (χ0v) is 11.9. The summed E-state index contributed by atoms with van der Waals surface area (Å²) in [4.78, 5) is 11.8. The third kappa shape index (κ3) is 4.21. The van der Waals surface area contributed by atoms with Gasteiger partial charge in [0.1, 0.15) is 0 Å². The average Bonchev–Trinajstić information content (AvgIpc) is 2.37. The van der Waals surface area contributed by atoms with Crippen molar-refractivity contribution < 1.29 is 13.2 Å². The highest BCUT2D eigenvalue weighted by molar-refractivity contribution is 7.91. The Bertz CT molecular complexity index is 586. The Balaban J connectivity index is 1.92. The van der Waals surface area contributed by atoms with E-state index in [1.165, 1.54) is 0 Å². The van der Waals surface area contributed by atoms with Crippen molar-refractivity contribution in [2.45, 2.75) is 25.4 Å². The average molecular weight is 297 g/mol. The molecule has 0 spiro atoms. The summed E-state index contributed by atoms with van der Waals surface area (Å²) >= 11 is 0. The van der Waals surface area contributed by atoms with Crippen LogP contribution in [0.2, 0.25) is 0 Å². The number of sulfone groups is 1. The molecule has 0 radical (unpaired) electrons. The molecule has 110 valence electrons. The van der Waals surface area contributed by atoms with Crippen molar-refractivity contribution >= 4 is 21.6 Å². The molecule has 0 aromatic heterocycles. The number of anilines is 1. The molecule has 1 heterocycles. The Morgan fingerprint density at radius 3 is 2.90 bits per heavy atom. The van der Waals surface area contributed by atoms with E-state index in [1.54, 1.807) is 12.1 Å². The molecule has 0 aliphatic carbocycles. The summed E-state index contributed by atoms with van der Waals surface area (Å²) in [6.07, 6.45) is 1.28. The first kappa shape index (κ1) is 14.8. The van der Waals surface area contributed by atoms with Gasteiger partial charge in [-0.25, -0.2) is 13.2 Å². The van der Waals surface area contributed by atoms with Crippen LogP contribution in [0.5, 0.6) is 0 Å². The van der Waals surface area contributed by atoms with Gasteiger partial charge in [-0.3, -0.25) is 0 Å². The highest BCUT2D eigenvalue weighted by atomic mass is 32.2. The van der Waals surface area contributed by atoms with Crippen LogP contribution in [0.1, 0.15) is 18.4 Å². The Kier molecular flexibility index (Phi) is 4.61. The molecule has 20 heavy (non-hydrogen) atoms. The number of nitrogens with one attached hydrogen (secondary N) is 2. The van der Waals surface area contributed by atoms with Gasteiger partial charge in [-0.2, -0.15) is 0 Å². The normalized spacial score (nSPS) is 21.1. The Morgan fingerprint density at radius 2 is 2.20 bits per heavy atom. The minimum absolute atomic E-state index is 0.0171. The van der Waals surface area contributed by atoms with E-state index in [0.717, 1.165) is 5.56 Å². The number of carbonyl (C=O) groups is 1. The van der Waals surface area contributed by atoms with Crippen molar-refractivity contribution in [3.8, 4) is 0 Å². The van der Waals surface area contributed by atoms with E-state index in [9.17, 15) is 13.2 Å². The molecular weight excluding hydrogens is 278 g/mol. The van der Waals surface area contributed by atoms with E-state index in [0.29, 0.717) is 25.1 Å². The van der Waals surface area contributed by atoms with Crippen molar-refractivity contribution in [3.63, 3.8) is 0 Å². The summed E-state index contributed by atoms with van der Waals surface area (Å²) in [6.45, 7) is 0.401. The summed E-state index contributed by atoms with van der Waals surface area (Å²) in [5, 5.41) is 5.39. The molecule has 1 aliphatic rings. The second-order valence-electron chi connectivity index (χ2n) is 4.96. The van der Waals surface area contributed by atoms with Gasteiger partial charge in [-0.15, -0.1) is 0 Å². The smallest absolute Gasteiger partial charge is 0.319 e. The van der Waals surface area contributed by atoms with Crippen LogP contribution in [0.4, 0.5) is 10.5 Å². The first-order valence-corrected chi connectivity index (χ1v) is 8.37. The van der Waals surface area contributed by atoms with E-state index in [-0.39, 0.29) is 23.6 Å². The first-order chi connectivity index (χ1) is 9.48. The number of rotatable bonds is 3. The summed E-state index contributed by atoms with van der Waals surface area (Å²) in [5.74, 6) is 0.231. The van der Waals surface area contributed by atoms with Gasteiger partial charge in [0, 0.05) is 18.3 Å². The predicted octanol–water partition coefficient (Wildman–Crippen LogP) is 0.844. The number of carbonyl (C=O) groups excluding carboxylic acids is 1. The van der Waals surface area contributed by atoms with Crippen LogP contribution in [0.25, 0.3) is 0 Å². The number of amides is 2. The summed E-state index contributed by atoms with van der Waals surface area (Å²) in [5.41, 5.74) is 7.10. The zero-order valence-electron chi connectivity index (χ0n) is 11.1. The van der Waals surface area contributed by atoms with Crippen LogP contribution in [0.15, 0.2) is 24.3 Å². The molecule has 2 amide bonds. The van der Waals surface area contributed by atoms with E-state index < -0.39 is 9.84 Å². The maximum atomic E-state index is 11.8. The lowest BCUT2D eigenvalue weighted by Crippen LogP contribution is -2.44. The topological polar surface area (TPSA) is 101 Å². The van der Waals surface area contributed by atoms with E-state index in [1.807, 2.05) is 12.1 Å². The fourth-order valence-electron chi connectivity index (χ4n) is 2.27. The van der Waals surface area contributed by atoms with Gasteiger partial charge < -0.3 is 16.4 Å². The number of hydrogen-bond acceptors (Lipinski definition) is 4. The van der Waals surface area contributed by atoms with Crippen LogP contribution in [0, 0.1) is 0 Å². The molecule has 6 nitrogen and oxygen atoms in total. The molecule has 1 aliphatic heterocycles. The summed E-state index contributed by atoms with van der Waals surface area (Å²) in [7, 11) is -3.02. The monoisotopic (exact) mass is 297 g/mol. The van der Waals surface area contributed by atoms with Crippen molar-refractivity contribution in [1.29, 1.82) is 0 Å². The predicted molar refractivity (Wildman–Crippen MR) is 78.2 cm³/mol. The third-order valence-corrected chi connectivity index (χ3v) is 5.04. The second-order valence-corrected chi connectivity index (χ2v) is 7.19. The Morgan fingerprint density at radius 1 is 1.40 bits per heavy atom. The molecule has 0 bridgehead atoms. The van der Waals surface area contributed by atoms with E-state index in [4.69, 9.17) is 5.73 Å². The fourth-order valence-corrected chi connectivity index (χ4v) is 3.90. The molecule has 0 saturated carbocycles. The number of nitrogens with two attached hydrogens (primary N) is 1. The summed E-state index contributed by atoms with van der Waals surface area (Å²) in [6, 6.07) is 6.53. The van der Waals surface area contributed by atoms with E-state index in [2.05, 4.69) is 10.6 Å². The molecular formula is C13H19N3O3S. The highest BCUT2D eigenvalue weighted by Crippen LogP contribution is 2.13. The second kappa shape index (κ2) is 6.23. The van der Waals surface area contributed by atoms with Gasteiger partial charge in [-0.05, 0) is 30.5 Å². The van der Waals surface area contributed by atoms with Gasteiger partial charge in [0.05, 0.1) is 11.5 Å². The lowest BCUT2D eigenvalue weighted by molar-refractivity contribution is 0.248. The largest absolute Gasteiger partial charge is 0.334 e. The quantitative estimate of drug-likeness (QED) is 0.769. The number of benzene rings is 1. The molecule has 1 saturated heterocycles. The maximum absolute atomic E-state index is 11.8. The molecule has 1 fully saturated rings. The Hall–Kier alpha value is -1.60. The molecule has 7 heteroatoms. The van der Waals surface area contributed by atoms with Crippen LogP contribution in [-0.4, -0.2) is 32.0 Å². The molecule has 2 rings (SSSR count). The SMILES string of the molecule is NCc1cccc(NC(=O)NC2CCCS(=O)(=O)C2)c1. The fraction of sp³-hybridized carbons (Fsp3) is 0.462. The van der Waals surface area contributed by atoms with Crippen LogP contribution < -0.4 is 16.4 Å². The van der Waals surface area contributed by atoms with Gasteiger partial charge in [0.2, 0.25) is 0 Å². The lowest BCUT2D eigenvalue weighted by atomic mass is 10.2. The zero-order chi connectivity index (χ0) is 14.6. The molecule has 4 N–H and O–H groups in total. The van der Waals surface area contributed by atoms with Gasteiger partial charge in [0.15, 0.2) is 9.84 Å². The van der Waals surface area contributed by atoms with E-state index >= 15 is 0 Å². The molecule has 1 atom stereocenters. The van der Waals surface area contributed by atoms with Crippen molar-refractivity contribution in [2.75, 3.05) is 16.8 Å². The van der Waals surface area contributed by atoms with Gasteiger partial charge in [0.25, 0.3) is 0 Å². The Labute approximate surface area is 118 Å². The lowest BCUT2D eigenvalue weighted by Gasteiger charge is -2.23. The first-order valence-electron chi connectivity index (χ1n) is 6.55. The van der Waals surface area contributed by atoms with Gasteiger partial charge in [-0.1, -0.05) is 12.1 Å². The molecule has 1 unspecified atom stereocenters. The summed E-state index contributed by atoms with van der Waals surface area (Å²) < 4.78 is 23.0. The number of urea groups is 1. The van der Waals surface area contributed by atoms with Crippen LogP contribution in [-0.2, 0) is 16.4 Å². The molecule has 1 aromatic carbocycles. The van der Waals surface area contributed by atoms with Crippen molar-refractivity contribution in [3.05, 3.63) is 29.8 Å². The minimum atomic E-state index is -3.02. The third-order valence-electron chi connectivity index (χ3n) is 3.22. The van der Waals surface area contributed by atoms with Crippen molar-refractivity contribution in [1.82, 2.24) is 5.32 Å². The van der Waals surface area contributed by atoms with Gasteiger partial charge >= 0.3 is 6.03 Å².